The SMILES string of the molecule is CC(=O)NCC(=O)N1CCCC1.CCC.CCC.CN1CCCC1.COC(=O)NCC=O.c1ncc(-c2ccc(-c3csc4c3ccn4-c3cnc[nH]3)cc2)[nH]1. The minimum atomic E-state index is -0.586. The molecule has 0 radical (unpaired) electrons. The number of thiophene rings is 1. The molecule has 56 heavy (non-hydrogen) atoms. The van der Waals surface area contributed by atoms with Crippen LogP contribution in [0.3, 0.4) is 0 Å². The topological polar surface area (TPSA) is 170 Å². The molecule has 15 heteroatoms. The second-order valence-corrected chi connectivity index (χ2v) is 13.9. The van der Waals surface area contributed by atoms with Gasteiger partial charge in [0, 0.05) is 42.5 Å². The number of hydrogen-bond acceptors (Lipinski definition) is 9. The Labute approximate surface area is 335 Å². The zero-order valence-electron chi connectivity index (χ0n) is 34.1. The molecule has 0 bridgehead atoms. The highest BCUT2D eigenvalue weighted by Crippen LogP contribution is 2.36. The molecular weight excluding hydrogens is 731 g/mol. The summed E-state index contributed by atoms with van der Waals surface area (Å²) in [6.07, 6.45) is 16.6. The summed E-state index contributed by atoms with van der Waals surface area (Å²) in [7, 11) is 3.41. The summed E-state index contributed by atoms with van der Waals surface area (Å²) < 4.78 is 6.28. The molecule has 0 unspecified atom stereocenters. The number of aromatic nitrogens is 5. The number of imidazole rings is 2. The van der Waals surface area contributed by atoms with Crippen LogP contribution >= 0.6 is 11.3 Å². The number of aldehydes is 1. The van der Waals surface area contributed by atoms with Crippen LogP contribution in [0.1, 0.15) is 73.1 Å². The molecule has 5 aromatic rings. The maximum atomic E-state index is 11.3. The Morgan fingerprint density at radius 3 is 1.95 bits per heavy atom. The van der Waals surface area contributed by atoms with Crippen molar-refractivity contribution in [3.63, 3.8) is 0 Å². The van der Waals surface area contributed by atoms with E-state index >= 15 is 0 Å². The number of methoxy groups -OCH3 is 1. The second kappa shape index (κ2) is 27.3. The number of nitrogens with zero attached hydrogens (tertiary/aromatic N) is 5. The first-order chi connectivity index (χ1) is 27.1. The maximum Gasteiger partial charge on any atom is 0.407 e. The number of nitrogens with one attached hydrogen (secondary N) is 4. The van der Waals surface area contributed by atoms with Gasteiger partial charge in [-0.1, -0.05) is 64.8 Å². The first-order valence-electron chi connectivity index (χ1n) is 19.3. The zero-order valence-corrected chi connectivity index (χ0v) is 34.9. The van der Waals surface area contributed by atoms with E-state index < -0.39 is 6.09 Å². The van der Waals surface area contributed by atoms with Crippen molar-refractivity contribution in [1.82, 2.24) is 44.9 Å². The fourth-order valence-corrected chi connectivity index (χ4v) is 6.38. The summed E-state index contributed by atoms with van der Waals surface area (Å²) in [5, 5.41) is 8.11. The predicted molar refractivity (Wildman–Crippen MR) is 226 cm³/mol. The molecule has 2 fully saturated rings. The fourth-order valence-electron chi connectivity index (χ4n) is 5.31. The van der Waals surface area contributed by atoms with Crippen molar-refractivity contribution in [3.8, 4) is 28.2 Å². The molecule has 1 aromatic carbocycles. The van der Waals surface area contributed by atoms with Crippen LogP contribution in [0.15, 0.2) is 67.0 Å². The van der Waals surface area contributed by atoms with E-state index in [2.05, 4.69) is 121 Å². The van der Waals surface area contributed by atoms with Gasteiger partial charge in [-0.25, -0.2) is 14.8 Å². The van der Waals surface area contributed by atoms with Crippen molar-refractivity contribution in [2.24, 2.45) is 0 Å². The van der Waals surface area contributed by atoms with Gasteiger partial charge in [0.05, 0.1) is 50.9 Å². The molecular formula is C41H61N9O5S. The molecule has 2 aliphatic heterocycles. The van der Waals surface area contributed by atoms with E-state index in [9.17, 15) is 19.2 Å². The smallest absolute Gasteiger partial charge is 0.407 e. The molecule has 7 rings (SSSR count). The number of rotatable bonds is 7. The number of H-pyrrole nitrogens is 2. The highest BCUT2D eigenvalue weighted by Gasteiger charge is 2.17. The lowest BCUT2D eigenvalue weighted by Gasteiger charge is -2.14. The van der Waals surface area contributed by atoms with Crippen LogP contribution in [0.5, 0.6) is 0 Å². The van der Waals surface area contributed by atoms with Crippen molar-refractivity contribution in [2.75, 3.05) is 53.4 Å². The minimum absolute atomic E-state index is 0.00662. The highest BCUT2D eigenvalue weighted by molar-refractivity contribution is 7.17. The molecule has 4 N–H and O–H groups in total. The van der Waals surface area contributed by atoms with Gasteiger partial charge in [0.2, 0.25) is 11.8 Å². The number of aromatic amines is 2. The first kappa shape index (κ1) is 46.9. The van der Waals surface area contributed by atoms with E-state index in [1.807, 2.05) is 12.4 Å². The second-order valence-electron chi connectivity index (χ2n) is 13.0. The number of benzene rings is 1. The summed E-state index contributed by atoms with van der Waals surface area (Å²) in [6, 6.07) is 10.7. The third kappa shape index (κ3) is 16.6. The largest absolute Gasteiger partial charge is 0.453 e. The molecule has 4 aromatic heterocycles. The molecule has 0 saturated carbocycles. The average Bonchev–Trinajstić information content (AvgIpc) is 4.04. The van der Waals surface area contributed by atoms with Crippen LogP contribution in [0.2, 0.25) is 0 Å². The van der Waals surface area contributed by atoms with Gasteiger partial charge in [0.25, 0.3) is 0 Å². The number of likely N-dealkylation sites (tertiary alicyclic amines) is 2. The molecule has 3 amide bonds. The Morgan fingerprint density at radius 1 is 0.857 bits per heavy atom. The van der Waals surface area contributed by atoms with Crippen LogP contribution in [-0.4, -0.2) is 112 Å². The van der Waals surface area contributed by atoms with Gasteiger partial charge in [-0.15, -0.1) is 11.3 Å². The fraction of sp³-hybridized carbons (Fsp3) is 0.463. The monoisotopic (exact) mass is 791 g/mol. The first-order valence-corrected chi connectivity index (χ1v) is 20.1. The van der Waals surface area contributed by atoms with Gasteiger partial charge < -0.3 is 39.9 Å². The summed E-state index contributed by atoms with van der Waals surface area (Å²) in [5.41, 5.74) is 4.64. The molecule has 2 saturated heterocycles. The lowest BCUT2D eigenvalue weighted by molar-refractivity contribution is -0.131. The molecule has 14 nitrogen and oxygen atoms in total. The number of carbonyl (C=O) groups is 4. The van der Waals surface area contributed by atoms with Crippen LogP contribution in [-0.2, 0) is 19.1 Å². The summed E-state index contributed by atoms with van der Waals surface area (Å²) in [4.78, 5) is 61.2. The molecule has 0 spiro atoms. The van der Waals surface area contributed by atoms with E-state index in [1.54, 1.807) is 28.9 Å². The van der Waals surface area contributed by atoms with Gasteiger partial charge in [0.1, 0.15) is 16.9 Å². The summed E-state index contributed by atoms with van der Waals surface area (Å²) in [5.74, 6) is 0.859. The van der Waals surface area contributed by atoms with E-state index in [-0.39, 0.29) is 24.9 Å². The molecule has 2 aliphatic rings. The van der Waals surface area contributed by atoms with Crippen molar-refractivity contribution < 1.29 is 23.9 Å². The van der Waals surface area contributed by atoms with E-state index in [4.69, 9.17) is 0 Å². The van der Waals surface area contributed by atoms with Gasteiger partial charge in [-0.05, 0) is 63.0 Å². The van der Waals surface area contributed by atoms with Gasteiger partial charge in [0.15, 0.2) is 0 Å². The molecule has 6 heterocycles. The Morgan fingerprint density at radius 2 is 1.45 bits per heavy atom. The third-order valence-corrected chi connectivity index (χ3v) is 8.95. The predicted octanol–water partition coefficient (Wildman–Crippen LogP) is 7.30. The maximum absolute atomic E-state index is 11.3. The summed E-state index contributed by atoms with van der Waals surface area (Å²) >= 11 is 1.74. The lowest BCUT2D eigenvalue weighted by atomic mass is 10.0. The number of carbonyl (C=O) groups excluding carboxylic acids is 4. The van der Waals surface area contributed by atoms with Crippen LogP contribution in [0.25, 0.3) is 38.4 Å². The van der Waals surface area contributed by atoms with Gasteiger partial charge >= 0.3 is 6.09 Å². The summed E-state index contributed by atoms with van der Waals surface area (Å²) in [6.45, 7) is 14.4. The van der Waals surface area contributed by atoms with Crippen LogP contribution in [0.4, 0.5) is 4.79 Å². The number of ether oxygens (including phenoxy) is 1. The van der Waals surface area contributed by atoms with Crippen molar-refractivity contribution >= 4 is 45.7 Å². The lowest BCUT2D eigenvalue weighted by Crippen LogP contribution is -2.37. The number of fused-ring (bicyclic) bond motifs is 1. The van der Waals surface area contributed by atoms with Gasteiger partial charge in [-0.2, -0.15) is 0 Å². The molecule has 306 valence electrons. The average molecular weight is 792 g/mol. The van der Waals surface area contributed by atoms with Crippen LogP contribution < -0.4 is 10.6 Å². The van der Waals surface area contributed by atoms with E-state index in [0.717, 1.165) is 43.0 Å². The van der Waals surface area contributed by atoms with Crippen LogP contribution in [0, 0.1) is 0 Å². The Hall–Kier alpha value is -5.28. The number of alkyl carbamates (subject to hydrolysis) is 1. The Balaban J connectivity index is 0.000000283. The van der Waals surface area contributed by atoms with E-state index in [1.165, 1.54) is 74.1 Å². The van der Waals surface area contributed by atoms with Crippen molar-refractivity contribution in [2.45, 2.75) is 73.1 Å². The quantitative estimate of drug-likeness (QED) is 0.125. The standard InChI is InChI=1S/C18H13N5S.C8H14N2O2.C5H11N.C4H7NO3.2C3H8/c1-3-13(16-7-19-10-21-16)4-2-12(1)15-9-24-18-14(15)5-6-23(18)17-8-20-11-22-17;1-7(11)9-6-8(12)10-4-2-3-5-10;1-6-4-2-3-5-6;1-8-4(7)5-2-3-6;2*1-3-2/h1-11H,(H,19,21)(H,20,22);2-6H2,1H3,(H,9,11);2-5H2,1H3;3H,2H2,1H3,(H,5,7);2*3H2,1-2H3. The Bertz CT molecular complexity index is 1790. The number of hydrogen-bond donors (Lipinski definition) is 4. The highest BCUT2D eigenvalue weighted by atomic mass is 32.1. The zero-order chi connectivity index (χ0) is 41.1. The Kier molecular flexibility index (Phi) is 22.9. The molecule has 0 aliphatic carbocycles. The van der Waals surface area contributed by atoms with Crippen molar-refractivity contribution in [3.05, 3.63) is 67.0 Å². The van der Waals surface area contributed by atoms with Gasteiger partial charge in [-0.3, -0.25) is 14.2 Å². The number of amides is 3. The third-order valence-electron chi connectivity index (χ3n) is 7.96. The van der Waals surface area contributed by atoms with Crippen molar-refractivity contribution in [1.29, 1.82) is 0 Å². The van der Waals surface area contributed by atoms with E-state index in [0.29, 0.717) is 6.29 Å². The molecule has 0 atom stereocenters. The normalized spacial score (nSPS) is 12.8. The minimum Gasteiger partial charge on any atom is -0.453 e.